The quantitative estimate of drug-likeness (QED) is 0.428. The van der Waals surface area contributed by atoms with Gasteiger partial charge in [0.25, 0.3) is 0 Å². The average molecular weight is 366 g/mol. The van der Waals surface area contributed by atoms with Crippen molar-refractivity contribution >= 4 is 11.6 Å². The maximum Gasteiger partial charge on any atom is 0.188 e. The molecule has 3 N–H and O–H groups in total. The van der Waals surface area contributed by atoms with Crippen LogP contribution in [0.1, 0.15) is 12.0 Å². The number of hydrogen-bond acceptors (Lipinski definition) is 3. The molecule has 5 nitrogen and oxygen atoms in total. The second-order valence-electron chi connectivity index (χ2n) is 6.95. The number of nitrogens with two attached hydrogens (primary N) is 1. The lowest BCUT2D eigenvalue weighted by atomic mass is 10.1. The van der Waals surface area contributed by atoms with Crippen molar-refractivity contribution in [3.8, 4) is 0 Å². The topological polar surface area (TPSA) is 56.9 Å². The zero-order valence-electron chi connectivity index (χ0n) is 16.1. The van der Waals surface area contributed by atoms with Crippen molar-refractivity contribution in [3.05, 3.63) is 66.2 Å². The zero-order chi connectivity index (χ0) is 18.7. The molecule has 144 valence electrons. The van der Waals surface area contributed by atoms with Crippen molar-refractivity contribution in [1.82, 2.24) is 10.2 Å². The van der Waals surface area contributed by atoms with E-state index in [1.165, 1.54) is 11.3 Å². The highest BCUT2D eigenvalue weighted by molar-refractivity contribution is 5.77. The van der Waals surface area contributed by atoms with E-state index in [2.05, 4.69) is 74.7 Å². The van der Waals surface area contributed by atoms with Crippen LogP contribution in [0.4, 0.5) is 5.69 Å². The lowest BCUT2D eigenvalue weighted by Crippen LogP contribution is -2.46. The first kappa shape index (κ1) is 19.2. The maximum absolute atomic E-state index is 5.96. The number of piperazine rings is 1. The van der Waals surface area contributed by atoms with Gasteiger partial charge in [-0.3, -0.25) is 9.89 Å². The Morgan fingerprint density at radius 1 is 0.926 bits per heavy atom. The molecule has 1 heterocycles. The van der Waals surface area contributed by atoms with Gasteiger partial charge in [-0.2, -0.15) is 0 Å². The molecule has 0 unspecified atom stereocenters. The predicted octanol–water partition coefficient (Wildman–Crippen LogP) is 2.35. The van der Waals surface area contributed by atoms with Gasteiger partial charge in [-0.15, -0.1) is 0 Å². The summed E-state index contributed by atoms with van der Waals surface area (Å²) in [5, 5.41) is 3.20. The summed E-state index contributed by atoms with van der Waals surface area (Å²) in [6.07, 6.45) is 2.01. The second-order valence-corrected chi connectivity index (χ2v) is 6.95. The monoisotopic (exact) mass is 365 g/mol. The van der Waals surface area contributed by atoms with Crippen LogP contribution in [0, 0.1) is 0 Å². The number of rotatable bonds is 8. The van der Waals surface area contributed by atoms with Crippen molar-refractivity contribution in [2.45, 2.75) is 12.8 Å². The van der Waals surface area contributed by atoms with Crippen LogP contribution in [-0.4, -0.2) is 56.7 Å². The van der Waals surface area contributed by atoms with Crippen LogP contribution in [0.3, 0.4) is 0 Å². The molecule has 3 rings (SSSR count). The van der Waals surface area contributed by atoms with Gasteiger partial charge in [-0.25, -0.2) is 0 Å². The molecule has 0 aromatic heterocycles. The zero-order valence-corrected chi connectivity index (χ0v) is 16.1. The normalized spacial score (nSPS) is 15.7. The summed E-state index contributed by atoms with van der Waals surface area (Å²) in [4.78, 5) is 9.43. The van der Waals surface area contributed by atoms with Gasteiger partial charge < -0.3 is 16.0 Å². The number of aliphatic imine (C=N–C) groups is 1. The third-order valence-corrected chi connectivity index (χ3v) is 4.97. The standard InChI is InChI=1S/C22H31N5/c23-22(25-14-12-20-8-3-1-4-9-20)24-13-7-15-26-16-18-27(19-17-26)21-10-5-2-6-11-21/h1-6,8-11H,7,12-19H2,(H3,23,24,25). The first-order chi connectivity index (χ1) is 13.3. The van der Waals surface area contributed by atoms with Gasteiger partial charge in [0.05, 0.1) is 0 Å². The van der Waals surface area contributed by atoms with E-state index >= 15 is 0 Å². The minimum absolute atomic E-state index is 0.555. The van der Waals surface area contributed by atoms with Crippen LogP contribution in [0.5, 0.6) is 0 Å². The summed E-state index contributed by atoms with van der Waals surface area (Å²) < 4.78 is 0. The number of guanidine groups is 1. The summed E-state index contributed by atoms with van der Waals surface area (Å²) >= 11 is 0. The van der Waals surface area contributed by atoms with Crippen molar-refractivity contribution in [2.75, 3.05) is 50.7 Å². The molecule has 1 aliphatic rings. The smallest absolute Gasteiger partial charge is 0.188 e. The van der Waals surface area contributed by atoms with Crippen LogP contribution in [0.2, 0.25) is 0 Å². The Balaban J connectivity index is 1.27. The van der Waals surface area contributed by atoms with Gasteiger partial charge in [0, 0.05) is 51.5 Å². The molecular weight excluding hydrogens is 334 g/mol. The van der Waals surface area contributed by atoms with E-state index < -0.39 is 0 Å². The Kier molecular flexibility index (Phi) is 7.54. The number of nitrogens with zero attached hydrogens (tertiary/aromatic N) is 3. The van der Waals surface area contributed by atoms with E-state index in [1.807, 2.05) is 6.07 Å². The van der Waals surface area contributed by atoms with Crippen LogP contribution in [-0.2, 0) is 6.42 Å². The molecule has 0 bridgehead atoms. The van der Waals surface area contributed by atoms with Gasteiger partial charge in [0.2, 0.25) is 0 Å². The van der Waals surface area contributed by atoms with Crippen LogP contribution >= 0.6 is 0 Å². The summed E-state index contributed by atoms with van der Waals surface area (Å²) in [6, 6.07) is 21.1. The highest BCUT2D eigenvalue weighted by Crippen LogP contribution is 2.15. The van der Waals surface area contributed by atoms with Gasteiger partial charge >= 0.3 is 0 Å². The van der Waals surface area contributed by atoms with Crippen LogP contribution < -0.4 is 16.0 Å². The van der Waals surface area contributed by atoms with E-state index in [0.29, 0.717) is 5.96 Å². The first-order valence-corrected chi connectivity index (χ1v) is 9.91. The van der Waals surface area contributed by atoms with E-state index in [0.717, 1.165) is 58.7 Å². The average Bonchev–Trinajstić information content (AvgIpc) is 2.73. The Labute approximate surface area is 162 Å². The second kappa shape index (κ2) is 10.6. The summed E-state index contributed by atoms with van der Waals surface area (Å²) in [7, 11) is 0. The maximum atomic E-state index is 5.96. The van der Waals surface area contributed by atoms with Gasteiger partial charge in [-0.05, 0) is 30.5 Å². The summed E-state index contributed by atoms with van der Waals surface area (Å²) in [5.74, 6) is 0.555. The van der Waals surface area contributed by atoms with E-state index in [-0.39, 0.29) is 0 Å². The van der Waals surface area contributed by atoms with Crippen molar-refractivity contribution in [2.24, 2.45) is 10.7 Å². The molecule has 0 atom stereocenters. The predicted molar refractivity (Wildman–Crippen MR) is 114 cm³/mol. The Morgan fingerprint density at radius 3 is 2.30 bits per heavy atom. The molecule has 2 aromatic carbocycles. The molecule has 27 heavy (non-hydrogen) atoms. The minimum Gasteiger partial charge on any atom is -0.370 e. The third kappa shape index (κ3) is 6.61. The molecule has 0 amide bonds. The number of nitrogens with one attached hydrogen (secondary N) is 1. The molecular formula is C22H31N5. The molecule has 0 spiro atoms. The van der Waals surface area contributed by atoms with Gasteiger partial charge in [0.1, 0.15) is 0 Å². The minimum atomic E-state index is 0.555. The lowest BCUT2D eigenvalue weighted by molar-refractivity contribution is 0.256. The lowest BCUT2D eigenvalue weighted by Gasteiger charge is -2.36. The van der Waals surface area contributed by atoms with Crippen molar-refractivity contribution < 1.29 is 0 Å². The van der Waals surface area contributed by atoms with Crippen molar-refractivity contribution in [1.29, 1.82) is 0 Å². The van der Waals surface area contributed by atoms with E-state index in [4.69, 9.17) is 5.73 Å². The highest BCUT2D eigenvalue weighted by Gasteiger charge is 2.16. The van der Waals surface area contributed by atoms with Crippen LogP contribution in [0.25, 0.3) is 0 Å². The van der Waals surface area contributed by atoms with Crippen LogP contribution in [0.15, 0.2) is 65.7 Å². The Hall–Kier alpha value is -2.53. The molecule has 0 saturated carbocycles. The fourth-order valence-electron chi connectivity index (χ4n) is 3.40. The number of anilines is 1. The SMILES string of the molecule is NC(=NCCCN1CCN(c2ccccc2)CC1)NCCc1ccccc1. The van der Waals surface area contributed by atoms with E-state index in [9.17, 15) is 0 Å². The first-order valence-electron chi connectivity index (χ1n) is 9.91. The number of benzene rings is 2. The molecule has 5 heteroatoms. The molecule has 2 aromatic rings. The fraction of sp³-hybridized carbons (Fsp3) is 0.409. The van der Waals surface area contributed by atoms with Gasteiger partial charge in [-0.1, -0.05) is 48.5 Å². The molecule has 1 saturated heterocycles. The van der Waals surface area contributed by atoms with E-state index in [1.54, 1.807) is 0 Å². The highest BCUT2D eigenvalue weighted by atomic mass is 15.3. The third-order valence-electron chi connectivity index (χ3n) is 4.97. The number of hydrogen-bond donors (Lipinski definition) is 2. The van der Waals surface area contributed by atoms with Gasteiger partial charge in [0.15, 0.2) is 5.96 Å². The Bertz CT molecular complexity index is 678. The number of para-hydroxylation sites is 1. The Morgan fingerprint density at radius 2 is 1.59 bits per heavy atom. The summed E-state index contributed by atoms with van der Waals surface area (Å²) in [5.41, 5.74) is 8.60. The molecule has 1 fully saturated rings. The summed E-state index contributed by atoms with van der Waals surface area (Å²) in [6.45, 7) is 7.10. The molecule has 0 aliphatic carbocycles. The molecule has 1 aliphatic heterocycles. The molecule has 0 radical (unpaired) electrons. The fourth-order valence-corrected chi connectivity index (χ4v) is 3.40. The largest absolute Gasteiger partial charge is 0.370 e. The van der Waals surface area contributed by atoms with Crippen molar-refractivity contribution in [3.63, 3.8) is 0 Å².